The van der Waals surface area contributed by atoms with Crippen LogP contribution in [0, 0.1) is 0 Å². The monoisotopic (exact) mass is 199 g/mol. The van der Waals surface area contributed by atoms with Gasteiger partial charge in [-0.1, -0.05) is 6.92 Å². The van der Waals surface area contributed by atoms with Crippen molar-refractivity contribution in [3.05, 3.63) is 18.3 Å². The van der Waals surface area contributed by atoms with Crippen molar-refractivity contribution in [3.8, 4) is 5.75 Å². The fourth-order valence-electron chi connectivity index (χ4n) is 0.801. The fourth-order valence-corrected chi connectivity index (χ4v) is 1.55. The van der Waals surface area contributed by atoms with E-state index in [1.165, 1.54) is 0 Å². The number of aliphatic hydroxyl groups is 1. The second-order valence-corrected chi connectivity index (χ2v) is 4.11. The van der Waals surface area contributed by atoms with Crippen LogP contribution in [-0.2, 0) is 0 Å². The van der Waals surface area contributed by atoms with Crippen LogP contribution in [0.4, 0.5) is 0 Å². The van der Waals surface area contributed by atoms with Crippen molar-refractivity contribution in [2.45, 2.75) is 17.2 Å². The van der Waals surface area contributed by atoms with Crippen LogP contribution in [0.2, 0.25) is 0 Å². The van der Waals surface area contributed by atoms with E-state index in [1.807, 2.05) is 19.1 Å². The molecule has 4 heteroatoms. The summed E-state index contributed by atoms with van der Waals surface area (Å²) in [6.07, 6.45) is 1.67. The first-order valence-corrected chi connectivity index (χ1v) is 4.91. The van der Waals surface area contributed by atoms with Gasteiger partial charge in [0.25, 0.3) is 0 Å². The quantitative estimate of drug-likeness (QED) is 0.747. The number of pyridine rings is 1. The Balaban J connectivity index is 2.58. The highest BCUT2D eigenvalue weighted by atomic mass is 32.2. The molecule has 1 aromatic rings. The van der Waals surface area contributed by atoms with Crippen LogP contribution >= 0.6 is 11.8 Å². The number of aliphatic hydroxyl groups excluding tert-OH is 1. The molecule has 1 N–H and O–H groups in total. The number of hydrogen-bond donors (Lipinski definition) is 1. The molecule has 72 valence electrons. The number of thioether (sulfide) groups is 1. The molecule has 0 bridgehead atoms. The van der Waals surface area contributed by atoms with Crippen LogP contribution in [0.3, 0.4) is 0 Å². The second-order valence-electron chi connectivity index (χ2n) is 2.65. The van der Waals surface area contributed by atoms with Crippen molar-refractivity contribution < 1.29 is 9.84 Å². The van der Waals surface area contributed by atoms with Crippen molar-refractivity contribution in [1.29, 1.82) is 0 Å². The molecule has 1 rings (SSSR count). The van der Waals surface area contributed by atoms with Gasteiger partial charge in [0.2, 0.25) is 0 Å². The number of ether oxygens (including phenoxy) is 1. The molecule has 1 unspecified atom stereocenters. The first kappa shape index (κ1) is 10.3. The molecule has 0 saturated carbocycles. The highest BCUT2D eigenvalue weighted by Gasteiger charge is 2.03. The Morgan fingerprint density at radius 3 is 2.85 bits per heavy atom. The van der Waals surface area contributed by atoms with Gasteiger partial charge in [-0.15, -0.1) is 11.8 Å². The summed E-state index contributed by atoms with van der Waals surface area (Å²) in [5, 5.41) is 9.91. The van der Waals surface area contributed by atoms with E-state index >= 15 is 0 Å². The molecule has 0 saturated heterocycles. The van der Waals surface area contributed by atoms with Gasteiger partial charge in [0.15, 0.2) is 0 Å². The molecule has 0 aliphatic carbocycles. The number of hydrogen-bond acceptors (Lipinski definition) is 4. The summed E-state index contributed by atoms with van der Waals surface area (Å²) in [6, 6.07) is 3.75. The summed E-state index contributed by atoms with van der Waals surface area (Å²) >= 11 is 1.55. The van der Waals surface area contributed by atoms with E-state index in [1.54, 1.807) is 25.1 Å². The van der Waals surface area contributed by atoms with Crippen LogP contribution in [-0.4, -0.2) is 29.1 Å². The molecular formula is C9H13NO2S. The first-order valence-electron chi connectivity index (χ1n) is 4.04. The fraction of sp³-hybridized carbons (Fsp3) is 0.444. The minimum Gasteiger partial charge on any atom is -0.495 e. The molecule has 0 spiro atoms. The predicted molar refractivity (Wildman–Crippen MR) is 53.2 cm³/mol. The number of nitrogens with zero attached hydrogens (tertiary/aromatic N) is 1. The van der Waals surface area contributed by atoms with Gasteiger partial charge < -0.3 is 9.84 Å². The number of methoxy groups -OCH3 is 1. The third kappa shape index (κ3) is 3.24. The van der Waals surface area contributed by atoms with Crippen molar-refractivity contribution in [2.75, 3.05) is 13.7 Å². The SMILES string of the molecule is COc1ccc(SC(C)CO)nc1. The standard InChI is InChI=1S/C9H13NO2S/c1-7(6-11)13-9-4-3-8(12-2)5-10-9/h3-5,7,11H,6H2,1-2H3. The second kappa shape index (κ2) is 5.09. The zero-order valence-electron chi connectivity index (χ0n) is 7.73. The lowest BCUT2D eigenvalue weighted by Gasteiger charge is -2.06. The molecule has 3 nitrogen and oxygen atoms in total. The maximum atomic E-state index is 8.82. The van der Waals surface area contributed by atoms with E-state index in [4.69, 9.17) is 9.84 Å². The summed E-state index contributed by atoms with van der Waals surface area (Å²) in [7, 11) is 1.61. The molecule has 0 aliphatic heterocycles. The van der Waals surface area contributed by atoms with Gasteiger partial charge >= 0.3 is 0 Å². The number of rotatable bonds is 4. The van der Waals surface area contributed by atoms with Gasteiger partial charge in [-0.2, -0.15) is 0 Å². The summed E-state index contributed by atoms with van der Waals surface area (Å²) in [5.74, 6) is 0.751. The van der Waals surface area contributed by atoms with E-state index in [9.17, 15) is 0 Å². The molecule has 0 aromatic carbocycles. The van der Waals surface area contributed by atoms with Crippen LogP contribution in [0.5, 0.6) is 5.75 Å². The maximum Gasteiger partial charge on any atom is 0.137 e. The zero-order valence-corrected chi connectivity index (χ0v) is 8.54. The average molecular weight is 199 g/mol. The highest BCUT2D eigenvalue weighted by molar-refractivity contribution is 7.99. The largest absolute Gasteiger partial charge is 0.495 e. The normalized spacial score (nSPS) is 12.5. The Bertz CT molecular complexity index is 250. The molecule has 0 fully saturated rings. The van der Waals surface area contributed by atoms with E-state index in [-0.39, 0.29) is 11.9 Å². The molecule has 1 aromatic heterocycles. The van der Waals surface area contributed by atoms with Crippen LogP contribution in [0.25, 0.3) is 0 Å². The van der Waals surface area contributed by atoms with E-state index < -0.39 is 0 Å². The van der Waals surface area contributed by atoms with Gasteiger partial charge in [0.1, 0.15) is 5.75 Å². The van der Waals surface area contributed by atoms with Crippen molar-refractivity contribution >= 4 is 11.8 Å². The molecule has 1 heterocycles. The molecule has 0 radical (unpaired) electrons. The summed E-state index contributed by atoms with van der Waals surface area (Å²) in [5.41, 5.74) is 0. The lowest BCUT2D eigenvalue weighted by molar-refractivity contribution is 0.300. The van der Waals surface area contributed by atoms with E-state index in [0.717, 1.165) is 10.8 Å². The third-order valence-corrected chi connectivity index (χ3v) is 2.56. The Morgan fingerprint density at radius 1 is 1.62 bits per heavy atom. The van der Waals surface area contributed by atoms with Crippen LogP contribution in [0.1, 0.15) is 6.92 Å². The van der Waals surface area contributed by atoms with Gasteiger partial charge in [-0.25, -0.2) is 4.98 Å². The lowest BCUT2D eigenvalue weighted by atomic mass is 10.5. The minimum absolute atomic E-state index is 0.165. The Hall–Kier alpha value is -0.740. The molecule has 13 heavy (non-hydrogen) atoms. The molecule has 0 aliphatic rings. The Morgan fingerprint density at radius 2 is 2.38 bits per heavy atom. The average Bonchev–Trinajstić information content (AvgIpc) is 2.19. The predicted octanol–water partition coefficient (Wildman–Crippen LogP) is 1.56. The minimum atomic E-state index is 0.165. The Kier molecular flexibility index (Phi) is 4.05. The van der Waals surface area contributed by atoms with E-state index in [2.05, 4.69) is 4.98 Å². The maximum absolute atomic E-state index is 8.82. The number of aromatic nitrogens is 1. The van der Waals surface area contributed by atoms with Crippen LogP contribution < -0.4 is 4.74 Å². The van der Waals surface area contributed by atoms with Crippen LogP contribution in [0.15, 0.2) is 23.4 Å². The van der Waals surface area contributed by atoms with E-state index in [0.29, 0.717) is 0 Å². The summed E-state index contributed by atoms with van der Waals surface area (Å²) in [4.78, 5) is 4.16. The van der Waals surface area contributed by atoms with Gasteiger partial charge in [-0.3, -0.25) is 0 Å². The van der Waals surface area contributed by atoms with Gasteiger partial charge in [0, 0.05) is 5.25 Å². The Labute approximate surface area is 82.1 Å². The molecule has 1 atom stereocenters. The smallest absolute Gasteiger partial charge is 0.137 e. The van der Waals surface area contributed by atoms with Gasteiger partial charge in [-0.05, 0) is 12.1 Å². The zero-order chi connectivity index (χ0) is 9.68. The van der Waals surface area contributed by atoms with Crippen molar-refractivity contribution in [3.63, 3.8) is 0 Å². The lowest BCUT2D eigenvalue weighted by Crippen LogP contribution is -2.01. The topological polar surface area (TPSA) is 42.4 Å². The van der Waals surface area contributed by atoms with Gasteiger partial charge in [0.05, 0.1) is 24.9 Å². The first-order chi connectivity index (χ1) is 6.26. The third-order valence-electron chi connectivity index (χ3n) is 1.52. The van der Waals surface area contributed by atoms with Crippen molar-refractivity contribution in [1.82, 2.24) is 4.98 Å². The van der Waals surface area contributed by atoms with Crippen molar-refractivity contribution in [2.24, 2.45) is 0 Å². The summed E-state index contributed by atoms with van der Waals surface area (Å²) in [6.45, 7) is 2.12. The summed E-state index contributed by atoms with van der Waals surface area (Å²) < 4.78 is 4.98. The highest BCUT2D eigenvalue weighted by Crippen LogP contribution is 2.21. The molecule has 0 amide bonds. The molecular weight excluding hydrogens is 186 g/mol.